The Morgan fingerprint density at radius 3 is 3.00 bits per heavy atom. The molecule has 25 heavy (non-hydrogen) atoms. The molecule has 0 radical (unpaired) electrons. The first-order valence-corrected chi connectivity index (χ1v) is 9.01. The number of carbonyl (C=O) groups excluding carboxylic acids is 1. The molecule has 1 aliphatic rings. The highest BCUT2D eigenvalue weighted by molar-refractivity contribution is 5.94. The van der Waals surface area contributed by atoms with Crippen LogP contribution in [0.3, 0.4) is 0 Å². The minimum atomic E-state index is -0.0437. The zero-order chi connectivity index (χ0) is 18.0. The second kappa shape index (κ2) is 7.44. The van der Waals surface area contributed by atoms with Gasteiger partial charge in [-0.2, -0.15) is 5.10 Å². The number of hydrogen-bond donors (Lipinski definition) is 1. The van der Waals surface area contributed by atoms with Crippen LogP contribution in [0.2, 0.25) is 0 Å². The summed E-state index contributed by atoms with van der Waals surface area (Å²) in [5, 5.41) is 8.17. The molecule has 1 unspecified atom stereocenters. The van der Waals surface area contributed by atoms with Crippen molar-refractivity contribution >= 4 is 5.91 Å². The second-order valence-electron chi connectivity index (χ2n) is 7.38. The van der Waals surface area contributed by atoms with Crippen LogP contribution >= 0.6 is 0 Å². The third-order valence-electron chi connectivity index (χ3n) is 4.79. The summed E-state index contributed by atoms with van der Waals surface area (Å²) in [6.07, 6.45) is 4.55. The van der Waals surface area contributed by atoms with Crippen molar-refractivity contribution in [2.24, 2.45) is 13.0 Å². The molecule has 0 aliphatic heterocycles. The first kappa shape index (κ1) is 17.7. The fraction of sp³-hybridized carbons (Fsp3) is 0.579. The maximum absolute atomic E-state index is 12.9. The van der Waals surface area contributed by atoms with E-state index in [0.29, 0.717) is 24.2 Å². The molecule has 0 fully saturated rings. The maximum atomic E-state index is 12.9. The van der Waals surface area contributed by atoms with Crippen molar-refractivity contribution in [3.05, 3.63) is 41.1 Å². The molecule has 2 aromatic rings. The minimum Gasteiger partial charge on any atom is -0.467 e. The van der Waals surface area contributed by atoms with E-state index in [0.717, 1.165) is 37.1 Å². The fourth-order valence-electron chi connectivity index (χ4n) is 3.43. The molecule has 1 atom stereocenters. The van der Waals surface area contributed by atoms with E-state index in [1.54, 1.807) is 18.2 Å². The average Bonchev–Trinajstić information content (AvgIpc) is 3.20. The molecule has 6 heteroatoms. The number of aryl methyl sites for hydroxylation is 1. The van der Waals surface area contributed by atoms with Gasteiger partial charge in [0.15, 0.2) is 5.69 Å². The summed E-state index contributed by atoms with van der Waals surface area (Å²) in [5.74, 6) is 1.35. The van der Waals surface area contributed by atoms with Gasteiger partial charge in [0.25, 0.3) is 5.91 Å². The van der Waals surface area contributed by atoms with Crippen LogP contribution in [-0.4, -0.2) is 40.2 Å². The highest BCUT2D eigenvalue weighted by atomic mass is 16.3. The third kappa shape index (κ3) is 3.95. The van der Waals surface area contributed by atoms with Gasteiger partial charge in [0.2, 0.25) is 0 Å². The van der Waals surface area contributed by atoms with Crippen molar-refractivity contribution in [1.82, 2.24) is 20.0 Å². The summed E-state index contributed by atoms with van der Waals surface area (Å²) < 4.78 is 7.23. The fourth-order valence-corrected chi connectivity index (χ4v) is 3.43. The van der Waals surface area contributed by atoms with Crippen LogP contribution < -0.4 is 5.32 Å². The van der Waals surface area contributed by atoms with Gasteiger partial charge in [0, 0.05) is 31.4 Å². The number of nitrogens with zero attached hydrogens (tertiary/aromatic N) is 3. The lowest BCUT2D eigenvalue weighted by Gasteiger charge is -2.25. The van der Waals surface area contributed by atoms with Gasteiger partial charge in [0.05, 0.1) is 12.8 Å². The maximum Gasteiger partial charge on any atom is 0.274 e. The number of furan rings is 1. The van der Waals surface area contributed by atoms with Crippen LogP contribution in [0, 0.1) is 5.92 Å². The van der Waals surface area contributed by atoms with E-state index in [1.165, 1.54) is 5.69 Å². The molecule has 2 aromatic heterocycles. The minimum absolute atomic E-state index is 0.0437. The van der Waals surface area contributed by atoms with E-state index in [9.17, 15) is 4.79 Å². The van der Waals surface area contributed by atoms with Crippen molar-refractivity contribution in [3.8, 4) is 0 Å². The normalized spacial score (nSPS) is 16.9. The van der Waals surface area contributed by atoms with Gasteiger partial charge < -0.3 is 14.6 Å². The number of nitrogens with one attached hydrogen (secondary N) is 1. The predicted molar refractivity (Wildman–Crippen MR) is 96.4 cm³/mol. The van der Waals surface area contributed by atoms with Crippen molar-refractivity contribution in [2.75, 3.05) is 13.6 Å². The highest BCUT2D eigenvalue weighted by Gasteiger charge is 2.29. The molecule has 0 bridgehead atoms. The number of fused-ring (bicyclic) bond motifs is 1. The van der Waals surface area contributed by atoms with E-state index in [2.05, 4.69) is 24.3 Å². The van der Waals surface area contributed by atoms with Crippen molar-refractivity contribution in [3.63, 3.8) is 0 Å². The molecule has 1 aliphatic carbocycles. The molecular formula is C19H28N4O2. The van der Waals surface area contributed by atoms with Crippen LogP contribution in [0.15, 0.2) is 22.8 Å². The summed E-state index contributed by atoms with van der Waals surface area (Å²) in [5.41, 5.74) is 2.88. The number of aromatic nitrogens is 2. The van der Waals surface area contributed by atoms with Gasteiger partial charge in [-0.1, -0.05) is 13.8 Å². The Balaban J connectivity index is 1.75. The van der Waals surface area contributed by atoms with Crippen LogP contribution in [0.25, 0.3) is 0 Å². The van der Waals surface area contributed by atoms with E-state index in [1.807, 2.05) is 23.9 Å². The average molecular weight is 344 g/mol. The van der Waals surface area contributed by atoms with Crippen molar-refractivity contribution in [1.29, 1.82) is 0 Å². The quantitative estimate of drug-likeness (QED) is 0.874. The summed E-state index contributed by atoms with van der Waals surface area (Å²) in [7, 11) is 3.73. The van der Waals surface area contributed by atoms with Gasteiger partial charge in [-0.05, 0) is 43.9 Å². The van der Waals surface area contributed by atoms with E-state index in [4.69, 9.17) is 4.42 Å². The molecule has 1 amide bonds. The van der Waals surface area contributed by atoms with Gasteiger partial charge >= 0.3 is 0 Å². The van der Waals surface area contributed by atoms with Crippen LogP contribution in [0.4, 0.5) is 0 Å². The molecule has 2 heterocycles. The molecule has 1 N–H and O–H groups in total. The SMILES string of the molecule is CC(C)CNC1CCc2c(c(C(=O)N(C)Cc3ccco3)nn2C)C1. The molecule has 6 nitrogen and oxygen atoms in total. The topological polar surface area (TPSA) is 63.3 Å². The number of rotatable bonds is 6. The molecule has 3 rings (SSSR count). The number of amides is 1. The van der Waals surface area contributed by atoms with E-state index >= 15 is 0 Å². The third-order valence-corrected chi connectivity index (χ3v) is 4.79. The lowest BCUT2D eigenvalue weighted by molar-refractivity contribution is 0.0767. The summed E-state index contributed by atoms with van der Waals surface area (Å²) in [4.78, 5) is 14.6. The molecule has 0 saturated carbocycles. The summed E-state index contributed by atoms with van der Waals surface area (Å²) in [6.45, 7) is 5.88. The van der Waals surface area contributed by atoms with Crippen LogP contribution in [-0.2, 0) is 26.4 Å². The standard InChI is InChI=1S/C19H28N4O2/c1-13(2)11-20-14-7-8-17-16(10-14)18(21-23(17)4)19(24)22(3)12-15-6-5-9-25-15/h5-6,9,13-14,20H,7-8,10-12H2,1-4H3. The highest BCUT2D eigenvalue weighted by Crippen LogP contribution is 2.25. The predicted octanol–water partition coefficient (Wildman–Crippen LogP) is 2.39. The molecular weight excluding hydrogens is 316 g/mol. The Labute approximate surface area is 149 Å². The lowest BCUT2D eigenvalue weighted by Crippen LogP contribution is -2.37. The first-order chi connectivity index (χ1) is 12.0. The van der Waals surface area contributed by atoms with Gasteiger partial charge in [-0.25, -0.2) is 0 Å². The van der Waals surface area contributed by atoms with Crippen LogP contribution in [0.5, 0.6) is 0 Å². The Bertz CT molecular complexity index is 718. The molecule has 0 saturated heterocycles. The second-order valence-corrected chi connectivity index (χ2v) is 7.38. The summed E-state index contributed by atoms with van der Waals surface area (Å²) >= 11 is 0. The lowest BCUT2D eigenvalue weighted by atomic mass is 9.91. The zero-order valence-electron chi connectivity index (χ0n) is 15.6. The molecule has 136 valence electrons. The Morgan fingerprint density at radius 1 is 1.52 bits per heavy atom. The van der Waals surface area contributed by atoms with E-state index < -0.39 is 0 Å². The number of carbonyl (C=O) groups is 1. The molecule has 0 aromatic carbocycles. The Kier molecular flexibility index (Phi) is 5.27. The largest absolute Gasteiger partial charge is 0.467 e. The van der Waals surface area contributed by atoms with Gasteiger partial charge in [0.1, 0.15) is 5.76 Å². The van der Waals surface area contributed by atoms with Gasteiger partial charge in [-0.15, -0.1) is 0 Å². The smallest absolute Gasteiger partial charge is 0.274 e. The van der Waals surface area contributed by atoms with E-state index in [-0.39, 0.29) is 5.91 Å². The van der Waals surface area contributed by atoms with Gasteiger partial charge in [-0.3, -0.25) is 9.48 Å². The van der Waals surface area contributed by atoms with Crippen molar-refractivity contribution in [2.45, 2.75) is 45.7 Å². The monoisotopic (exact) mass is 344 g/mol. The Hall–Kier alpha value is -2.08. The Morgan fingerprint density at radius 2 is 2.32 bits per heavy atom. The summed E-state index contributed by atoms with van der Waals surface area (Å²) in [6, 6.07) is 4.13. The first-order valence-electron chi connectivity index (χ1n) is 9.01. The van der Waals surface area contributed by atoms with Crippen molar-refractivity contribution < 1.29 is 9.21 Å². The van der Waals surface area contributed by atoms with Crippen LogP contribution in [0.1, 0.15) is 47.8 Å². The molecule has 0 spiro atoms. The number of hydrogen-bond acceptors (Lipinski definition) is 4. The zero-order valence-corrected chi connectivity index (χ0v) is 15.6.